The number of hydrogen-bond donors (Lipinski definition) is 1. The highest BCUT2D eigenvalue weighted by Crippen LogP contribution is 2.20. The minimum Gasteiger partial charge on any atom is -0.378 e. The molecule has 0 atom stereocenters. The largest absolute Gasteiger partial charge is 0.378 e. The number of sulfonamides is 1. The summed E-state index contributed by atoms with van der Waals surface area (Å²) in [5.41, 5.74) is 0.387. The molecule has 21 heavy (non-hydrogen) atoms. The van der Waals surface area contributed by atoms with Crippen molar-refractivity contribution in [3.8, 4) is 0 Å². The second-order valence-electron chi connectivity index (χ2n) is 5.54. The number of ether oxygens (including phenoxy) is 1. The first-order valence-electron chi connectivity index (χ1n) is 7.55. The molecule has 1 aliphatic rings. The fraction of sp³-hybridized carbons (Fsp3) is 0.786. The number of aryl methyl sites for hydroxylation is 2. The summed E-state index contributed by atoms with van der Waals surface area (Å²) in [5, 5.41) is 3.67. The molecule has 1 aliphatic carbocycles. The Morgan fingerprint density at radius 2 is 2.00 bits per heavy atom. The highest BCUT2D eigenvalue weighted by Gasteiger charge is 2.23. The van der Waals surface area contributed by atoms with Gasteiger partial charge in [-0.05, 0) is 33.1 Å². The summed E-state index contributed by atoms with van der Waals surface area (Å²) < 4.78 is 37.5. The van der Waals surface area contributed by atoms with Gasteiger partial charge >= 0.3 is 0 Å². The first kappa shape index (κ1) is 16.5. The highest BCUT2D eigenvalue weighted by atomic mass is 32.2. The third kappa shape index (κ3) is 4.52. The van der Waals surface area contributed by atoms with E-state index < -0.39 is 10.0 Å². The van der Waals surface area contributed by atoms with E-state index in [9.17, 15) is 8.42 Å². The van der Waals surface area contributed by atoms with E-state index in [1.165, 1.54) is 19.3 Å². The van der Waals surface area contributed by atoms with Gasteiger partial charge in [-0.15, -0.1) is 0 Å². The van der Waals surface area contributed by atoms with Crippen molar-refractivity contribution in [3.63, 3.8) is 0 Å². The Balaban J connectivity index is 1.72. The number of hydrogen-bond acceptors (Lipinski definition) is 5. The van der Waals surface area contributed by atoms with Crippen molar-refractivity contribution in [1.82, 2.24) is 9.88 Å². The van der Waals surface area contributed by atoms with E-state index in [0.717, 1.165) is 12.8 Å². The Labute approximate surface area is 126 Å². The van der Waals surface area contributed by atoms with Crippen LogP contribution in [-0.4, -0.2) is 32.8 Å². The lowest BCUT2D eigenvalue weighted by atomic mass is 9.98. The van der Waals surface area contributed by atoms with Gasteiger partial charge in [0.05, 0.1) is 6.10 Å². The Hall–Kier alpha value is -0.920. The van der Waals surface area contributed by atoms with Crippen LogP contribution in [0.3, 0.4) is 0 Å². The molecule has 0 bridgehead atoms. The molecule has 1 saturated carbocycles. The zero-order valence-electron chi connectivity index (χ0n) is 12.7. The average Bonchev–Trinajstić information content (AvgIpc) is 2.79. The van der Waals surface area contributed by atoms with Crippen molar-refractivity contribution < 1.29 is 17.7 Å². The summed E-state index contributed by atoms with van der Waals surface area (Å²) in [6, 6.07) is 0. The summed E-state index contributed by atoms with van der Waals surface area (Å²) in [7, 11) is -3.55. The summed E-state index contributed by atoms with van der Waals surface area (Å²) >= 11 is 0. The molecule has 1 aromatic heterocycles. The van der Waals surface area contributed by atoms with Crippen molar-refractivity contribution in [2.24, 2.45) is 0 Å². The van der Waals surface area contributed by atoms with Crippen LogP contribution in [0.15, 0.2) is 9.42 Å². The van der Waals surface area contributed by atoms with E-state index in [2.05, 4.69) is 9.88 Å². The quantitative estimate of drug-likeness (QED) is 0.781. The minimum absolute atomic E-state index is 0.149. The molecule has 6 nitrogen and oxygen atoms in total. The van der Waals surface area contributed by atoms with Crippen LogP contribution >= 0.6 is 0 Å². The Morgan fingerprint density at radius 3 is 2.62 bits per heavy atom. The molecule has 1 N–H and O–H groups in total. The summed E-state index contributed by atoms with van der Waals surface area (Å²) in [4.78, 5) is 0.149. The van der Waals surface area contributed by atoms with E-state index in [0.29, 0.717) is 37.1 Å². The van der Waals surface area contributed by atoms with Crippen molar-refractivity contribution in [2.75, 3.05) is 13.2 Å². The molecule has 120 valence electrons. The monoisotopic (exact) mass is 316 g/mol. The molecular weight excluding hydrogens is 292 g/mol. The molecule has 1 aromatic rings. The van der Waals surface area contributed by atoms with Crippen LogP contribution in [-0.2, 0) is 14.8 Å². The Morgan fingerprint density at radius 1 is 1.29 bits per heavy atom. The molecule has 0 aromatic carbocycles. The molecule has 7 heteroatoms. The van der Waals surface area contributed by atoms with E-state index >= 15 is 0 Å². The second-order valence-corrected chi connectivity index (χ2v) is 7.24. The first-order valence-corrected chi connectivity index (χ1v) is 9.03. The van der Waals surface area contributed by atoms with Crippen LogP contribution in [0.5, 0.6) is 0 Å². The summed E-state index contributed by atoms with van der Waals surface area (Å²) in [5.74, 6) is 0.318. The molecule has 1 heterocycles. The lowest BCUT2D eigenvalue weighted by molar-refractivity contribution is 0.0278. The molecule has 0 spiro atoms. The summed E-state index contributed by atoms with van der Waals surface area (Å²) in [6.07, 6.45) is 7.07. The minimum atomic E-state index is -3.55. The van der Waals surface area contributed by atoms with Crippen molar-refractivity contribution >= 4 is 10.0 Å². The molecular formula is C14H24N2O4S. The first-order chi connectivity index (χ1) is 10.0. The molecule has 0 unspecified atom stereocenters. The van der Waals surface area contributed by atoms with Gasteiger partial charge in [0.2, 0.25) is 10.0 Å². The van der Waals surface area contributed by atoms with E-state index in [1.54, 1.807) is 13.8 Å². The van der Waals surface area contributed by atoms with E-state index in [-0.39, 0.29) is 4.90 Å². The molecule has 0 radical (unpaired) electrons. The van der Waals surface area contributed by atoms with Gasteiger partial charge in [-0.1, -0.05) is 24.4 Å². The van der Waals surface area contributed by atoms with Gasteiger partial charge < -0.3 is 9.26 Å². The molecule has 0 amide bonds. The normalized spacial score (nSPS) is 17.2. The highest BCUT2D eigenvalue weighted by molar-refractivity contribution is 7.89. The standard InChI is InChI=1S/C14H24N2O4S/c1-11-14(12(2)20-16-11)21(17,18)15-9-6-10-19-13-7-4-3-5-8-13/h13,15H,3-10H2,1-2H3. The van der Waals surface area contributed by atoms with Crippen LogP contribution in [0.1, 0.15) is 50.0 Å². The fourth-order valence-corrected chi connectivity index (χ4v) is 4.09. The topological polar surface area (TPSA) is 81.4 Å². The Kier molecular flexibility index (Phi) is 5.78. The predicted molar refractivity (Wildman–Crippen MR) is 78.6 cm³/mol. The number of nitrogens with zero attached hydrogens (tertiary/aromatic N) is 1. The lowest BCUT2D eigenvalue weighted by Gasteiger charge is -2.21. The average molecular weight is 316 g/mol. The van der Waals surface area contributed by atoms with E-state index in [4.69, 9.17) is 9.26 Å². The maximum absolute atomic E-state index is 12.1. The van der Waals surface area contributed by atoms with Crippen molar-refractivity contribution in [1.29, 1.82) is 0 Å². The molecule has 2 rings (SSSR count). The van der Waals surface area contributed by atoms with E-state index in [1.807, 2.05) is 0 Å². The third-order valence-electron chi connectivity index (χ3n) is 3.76. The van der Waals surface area contributed by atoms with Gasteiger partial charge in [0.15, 0.2) is 5.76 Å². The number of nitrogens with one attached hydrogen (secondary N) is 1. The second kappa shape index (κ2) is 7.38. The van der Waals surface area contributed by atoms with Gasteiger partial charge in [0.1, 0.15) is 10.6 Å². The number of aromatic nitrogens is 1. The van der Waals surface area contributed by atoms with Crippen LogP contribution in [0.2, 0.25) is 0 Å². The van der Waals surface area contributed by atoms with Crippen LogP contribution in [0, 0.1) is 13.8 Å². The number of rotatable bonds is 7. The predicted octanol–water partition coefficient (Wildman–Crippen LogP) is 2.31. The zero-order chi connectivity index (χ0) is 15.3. The van der Waals surface area contributed by atoms with Crippen LogP contribution in [0.25, 0.3) is 0 Å². The van der Waals surface area contributed by atoms with Crippen molar-refractivity contribution in [2.45, 2.75) is 63.4 Å². The van der Waals surface area contributed by atoms with Gasteiger partial charge in [-0.25, -0.2) is 13.1 Å². The zero-order valence-corrected chi connectivity index (χ0v) is 13.5. The molecule has 0 aliphatic heterocycles. The van der Waals surface area contributed by atoms with Gasteiger partial charge in [-0.2, -0.15) is 0 Å². The van der Waals surface area contributed by atoms with Gasteiger partial charge in [0.25, 0.3) is 0 Å². The SMILES string of the molecule is Cc1noc(C)c1S(=O)(=O)NCCCOC1CCCCC1. The lowest BCUT2D eigenvalue weighted by Crippen LogP contribution is -2.27. The van der Waals surface area contributed by atoms with Crippen LogP contribution < -0.4 is 4.72 Å². The van der Waals surface area contributed by atoms with Crippen molar-refractivity contribution in [3.05, 3.63) is 11.5 Å². The maximum Gasteiger partial charge on any atom is 0.245 e. The maximum atomic E-state index is 12.1. The van der Waals surface area contributed by atoms with Crippen LogP contribution in [0.4, 0.5) is 0 Å². The molecule has 0 saturated heterocycles. The fourth-order valence-electron chi connectivity index (χ4n) is 2.69. The summed E-state index contributed by atoms with van der Waals surface area (Å²) in [6.45, 7) is 4.17. The Bertz CT molecular complexity index is 528. The smallest absolute Gasteiger partial charge is 0.245 e. The van der Waals surface area contributed by atoms with Gasteiger partial charge in [-0.3, -0.25) is 0 Å². The van der Waals surface area contributed by atoms with Gasteiger partial charge in [0, 0.05) is 13.2 Å². The molecule has 1 fully saturated rings. The third-order valence-corrected chi connectivity index (χ3v) is 5.46.